The van der Waals surface area contributed by atoms with Crippen LogP contribution in [0.15, 0.2) is 28.2 Å². The number of nitrogens with two attached hydrogens (primary N) is 1. The van der Waals surface area contributed by atoms with Crippen molar-refractivity contribution in [1.29, 1.82) is 0 Å². The number of amides is 1. The van der Waals surface area contributed by atoms with Crippen molar-refractivity contribution in [1.82, 2.24) is 5.32 Å². The van der Waals surface area contributed by atoms with Gasteiger partial charge < -0.3 is 15.8 Å². The number of carbonyl (C=O) groups is 1. The molecule has 198 valence electrons. The Bertz CT molecular complexity index is 1340. The van der Waals surface area contributed by atoms with Gasteiger partial charge in [-0.05, 0) is 56.4 Å². The third-order valence-corrected chi connectivity index (χ3v) is 10.3. The Morgan fingerprint density at radius 3 is 2.50 bits per heavy atom. The number of benzene rings is 1. The quantitative estimate of drug-likeness (QED) is 0.530. The van der Waals surface area contributed by atoms with E-state index in [0.29, 0.717) is 12.8 Å². The number of hydrogen-bond donors (Lipinski definition) is 2. The number of rotatable bonds is 7. The maximum atomic E-state index is 14.6. The molecule has 4 rings (SSSR count). The summed E-state index contributed by atoms with van der Waals surface area (Å²) < 4.78 is 96.5. The number of ether oxygens (including phenoxy) is 1. The van der Waals surface area contributed by atoms with E-state index < -0.39 is 54.9 Å². The first-order valence-electron chi connectivity index (χ1n) is 11.3. The van der Waals surface area contributed by atoms with Crippen molar-refractivity contribution < 1.29 is 39.5 Å². The lowest BCUT2D eigenvalue weighted by molar-refractivity contribution is -0.126. The number of hydrogen-bond acceptors (Lipinski definition) is 7. The van der Waals surface area contributed by atoms with Crippen LogP contribution in [0.25, 0.3) is 5.70 Å². The molecular weight excluding hydrogens is 523 g/mol. The number of halogens is 3. The van der Waals surface area contributed by atoms with Crippen LogP contribution >= 0.6 is 0 Å². The highest BCUT2D eigenvalue weighted by molar-refractivity contribution is 7.93. The molecule has 2 saturated carbocycles. The first-order chi connectivity index (χ1) is 16.7. The van der Waals surface area contributed by atoms with Crippen molar-refractivity contribution in [3.63, 3.8) is 0 Å². The normalized spacial score (nSPS) is 25.8. The predicted octanol–water partition coefficient (Wildman–Crippen LogP) is 2.13. The summed E-state index contributed by atoms with van der Waals surface area (Å²) in [5.41, 5.74) is 5.06. The summed E-state index contributed by atoms with van der Waals surface area (Å²) in [5, 5.41) is 2.09. The SMILES string of the molecule is CC1(NC(=O)[C@@H]2CCC(=C(N)c3cc(OC(F)F)ccc3F)C(=NS(=O)(=O)C3CC3)C2)CS(=O)(=O)C1. The molecule has 1 aromatic rings. The van der Waals surface area contributed by atoms with E-state index >= 15 is 0 Å². The summed E-state index contributed by atoms with van der Waals surface area (Å²) in [6.45, 7) is -1.53. The summed E-state index contributed by atoms with van der Waals surface area (Å²) in [6, 6.07) is 2.91. The van der Waals surface area contributed by atoms with Gasteiger partial charge in [-0.25, -0.2) is 21.2 Å². The largest absolute Gasteiger partial charge is 0.435 e. The highest BCUT2D eigenvalue weighted by Gasteiger charge is 2.47. The predicted molar refractivity (Wildman–Crippen MR) is 126 cm³/mol. The molecule has 0 bridgehead atoms. The van der Waals surface area contributed by atoms with E-state index in [1.165, 1.54) is 0 Å². The Morgan fingerprint density at radius 2 is 1.92 bits per heavy atom. The summed E-state index contributed by atoms with van der Waals surface area (Å²) in [7, 11) is -7.10. The van der Waals surface area contributed by atoms with Crippen molar-refractivity contribution in [2.45, 2.75) is 56.4 Å². The molecule has 1 heterocycles. The summed E-state index contributed by atoms with van der Waals surface area (Å²) in [4.78, 5) is 12.9. The molecule has 0 radical (unpaired) electrons. The van der Waals surface area contributed by atoms with Crippen molar-refractivity contribution in [3.05, 3.63) is 35.2 Å². The van der Waals surface area contributed by atoms with Crippen LogP contribution in [0.1, 0.15) is 44.6 Å². The average Bonchev–Trinajstić information content (AvgIpc) is 3.58. The molecule has 0 aromatic heterocycles. The van der Waals surface area contributed by atoms with E-state index in [1.54, 1.807) is 6.92 Å². The van der Waals surface area contributed by atoms with Crippen LogP contribution in [0.4, 0.5) is 13.2 Å². The van der Waals surface area contributed by atoms with Gasteiger partial charge in [-0.2, -0.15) is 13.2 Å². The number of carbonyl (C=O) groups excluding carboxylic acids is 1. The van der Waals surface area contributed by atoms with Gasteiger partial charge in [0, 0.05) is 23.6 Å². The maximum absolute atomic E-state index is 14.6. The molecule has 1 aliphatic heterocycles. The van der Waals surface area contributed by atoms with Gasteiger partial charge in [0.2, 0.25) is 5.91 Å². The first kappa shape index (κ1) is 26.5. The molecule has 3 aliphatic rings. The Kier molecular flexibility index (Phi) is 6.88. The molecule has 1 saturated heterocycles. The second-order valence-electron chi connectivity index (χ2n) is 9.69. The number of nitrogens with zero attached hydrogens (tertiary/aromatic N) is 1. The van der Waals surface area contributed by atoms with Crippen LogP contribution in [0, 0.1) is 11.7 Å². The maximum Gasteiger partial charge on any atom is 0.387 e. The number of alkyl halides is 2. The molecule has 14 heteroatoms. The van der Waals surface area contributed by atoms with Crippen molar-refractivity contribution in [2.24, 2.45) is 16.0 Å². The highest BCUT2D eigenvalue weighted by atomic mass is 32.2. The molecule has 9 nitrogen and oxygen atoms in total. The van der Waals surface area contributed by atoms with E-state index in [0.717, 1.165) is 18.2 Å². The van der Waals surface area contributed by atoms with Crippen LogP contribution in [0.5, 0.6) is 5.75 Å². The minimum absolute atomic E-state index is 0.00300. The van der Waals surface area contributed by atoms with Gasteiger partial charge in [-0.1, -0.05) is 0 Å². The standard InChI is InChI=1S/C22H26F3N3O6S2/c1-22(10-35(30,31)11-22)27-20(29)12-2-6-15(18(8-12)28-36(32,33)14-4-5-14)19(26)16-9-13(34-21(24)25)3-7-17(16)23/h3,7,9,12,14,21H,2,4-6,8,10-11,26H2,1H3,(H,27,29)/t12-/m1/s1. The minimum atomic E-state index is -3.89. The van der Waals surface area contributed by atoms with Crippen LogP contribution < -0.4 is 15.8 Å². The Balaban J connectivity index is 1.65. The van der Waals surface area contributed by atoms with Gasteiger partial charge in [-0.15, -0.1) is 0 Å². The Morgan fingerprint density at radius 1 is 1.25 bits per heavy atom. The third-order valence-electron chi connectivity index (χ3n) is 6.36. The zero-order chi connectivity index (χ0) is 26.5. The van der Waals surface area contributed by atoms with Gasteiger partial charge >= 0.3 is 6.61 Å². The molecule has 0 unspecified atom stereocenters. The van der Waals surface area contributed by atoms with Crippen LogP contribution in [-0.4, -0.2) is 57.4 Å². The second-order valence-corrected chi connectivity index (χ2v) is 13.6. The molecule has 1 amide bonds. The summed E-state index contributed by atoms with van der Waals surface area (Å²) in [6.07, 6.45) is 1.06. The van der Waals surface area contributed by atoms with Crippen molar-refractivity contribution in [2.75, 3.05) is 11.5 Å². The summed E-state index contributed by atoms with van der Waals surface area (Å²) in [5.74, 6) is -2.70. The highest BCUT2D eigenvalue weighted by Crippen LogP contribution is 2.36. The number of allylic oxidation sites excluding steroid dienone is 1. The van der Waals surface area contributed by atoms with Gasteiger partial charge in [-0.3, -0.25) is 4.79 Å². The summed E-state index contributed by atoms with van der Waals surface area (Å²) >= 11 is 0. The molecule has 36 heavy (non-hydrogen) atoms. The van der Waals surface area contributed by atoms with E-state index in [2.05, 4.69) is 14.5 Å². The second kappa shape index (κ2) is 9.36. The number of nitrogens with one attached hydrogen (secondary N) is 1. The molecule has 3 N–H and O–H groups in total. The van der Waals surface area contributed by atoms with Crippen molar-refractivity contribution >= 4 is 37.2 Å². The zero-order valence-electron chi connectivity index (χ0n) is 19.3. The van der Waals surface area contributed by atoms with Crippen LogP contribution in [-0.2, 0) is 24.7 Å². The molecule has 1 atom stereocenters. The molecular formula is C22H26F3N3O6S2. The fourth-order valence-corrected chi connectivity index (χ4v) is 7.95. The first-order valence-corrected chi connectivity index (χ1v) is 14.6. The lowest BCUT2D eigenvalue weighted by Crippen LogP contribution is -2.64. The van der Waals surface area contributed by atoms with Gasteiger partial charge in [0.05, 0.1) is 28.0 Å². The molecule has 2 aliphatic carbocycles. The Labute approximate surface area is 207 Å². The fraction of sp³-hybridized carbons (Fsp3) is 0.545. The van der Waals surface area contributed by atoms with E-state index in [-0.39, 0.29) is 59.1 Å². The number of sulfonamides is 1. The molecule has 3 fully saturated rings. The topological polar surface area (TPSA) is 145 Å². The Hall–Kier alpha value is -2.61. The van der Waals surface area contributed by atoms with Gasteiger partial charge in [0.15, 0.2) is 9.84 Å². The lowest BCUT2D eigenvalue weighted by atomic mass is 9.81. The monoisotopic (exact) mass is 549 g/mol. The fourth-order valence-electron chi connectivity index (χ4n) is 4.57. The van der Waals surface area contributed by atoms with Crippen LogP contribution in [0.3, 0.4) is 0 Å². The van der Waals surface area contributed by atoms with Crippen molar-refractivity contribution in [3.8, 4) is 5.75 Å². The third kappa shape index (κ3) is 5.85. The number of sulfone groups is 1. The van der Waals surface area contributed by atoms with E-state index in [4.69, 9.17) is 5.73 Å². The van der Waals surface area contributed by atoms with Gasteiger partial charge in [0.1, 0.15) is 11.6 Å². The van der Waals surface area contributed by atoms with E-state index in [1.807, 2.05) is 0 Å². The molecule has 1 aromatic carbocycles. The zero-order valence-corrected chi connectivity index (χ0v) is 21.0. The average molecular weight is 550 g/mol. The lowest BCUT2D eigenvalue weighted by Gasteiger charge is -2.39. The van der Waals surface area contributed by atoms with Crippen LogP contribution in [0.2, 0.25) is 0 Å². The molecule has 0 spiro atoms. The smallest absolute Gasteiger partial charge is 0.387 e. The van der Waals surface area contributed by atoms with Gasteiger partial charge in [0.25, 0.3) is 10.0 Å². The minimum Gasteiger partial charge on any atom is -0.435 e. The van der Waals surface area contributed by atoms with E-state index in [9.17, 15) is 34.8 Å².